The van der Waals surface area contributed by atoms with Gasteiger partial charge in [0.25, 0.3) is 0 Å². The van der Waals surface area contributed by atoms with Crippen molar-refractivity contribution in [1.82, 2.24) is 15.2 Å². The van der Waals surface area contributed by atoms with Crippen molar-refractivity contribution in [2.45, 2.75) is 44.1 Å². The van der Waals surface area contributed by atoms with E-state index in [2.05, 4.69) is 34.6 Å². The van der Waals surface area contributed by atoms with Crippen LogP contribution in [0.1, 0.15) is 38.5 Å². The van der Waals surface area contributed by atoms with Crippen molar-refractivity contribution in [2.24, 2.45) is 0 Å². The number of carbonyl (C=O) groups excluding carboxylic acids is 1. The largest absolute Gasteiger partial charge is 0.336 e. The lowest BCUT2D eigenvalue weighted by Crippen LogP contribution is -2.53. The zero-order chi connectivity index (χ0) is 15.1. The molecule has 1 aromatic rings. The number of rotatable bonds is 4. The highest BCUT2D eigenvalue weighted by atomic mass is 16.2. The monoisotopic (exact) mass is 290 g/mol. The van der Waals surface area contributed by atoms with E-state index < -0.39 is 0 Å². The van der Waals surface area contributed by atoms with Gasteiger partial charge < -0.3 is 10.2 Å². The number of anilines is 1. The van der Waals surface area contributed by atoms with Gasteiger partial charge in [0, 0.05) is 18.3 Å². The summed E-state index contributed by atoms with van der Waals surface area (Å²) in [5.41, 5.74) is 0.0813. The first-order valence-electron chi connectivity index (χ1n) is 7.76. The minimum Gasteiger partial charge on any atom is -0.336 e. The maximum absolute atomic E-state index is 12.0. The Kier molecular flexibility index (Phi) is 5.56. The van der Waals surface area contributed by atoms with Crippen molar-refractivity contribution in [3.63, 3.8) is 0 Å². The third-order valence-electron chi connectivity index (χ3n) is 4.47. The second-order valence-electron chi connectivity index (χ2n) is 6.06. The van der Waals surface area contributed by atoms with Crippen molar-refractivity contribution in [2.75, 3.05) is 26.0 Å². The summed E-state index contributed by atoms with van der Waals surface area (Å²) in [4.78, 5) is 18.4. The Morgan fingerprint density at radius 3 is 2.52 bits per heavy atom. The van der Waals surface area contributed by atoms with Gasteiger partial charge in [0.05, 0.1) is 0 Å². The van der Waals surface area contributed by atoms with Crippen molar-refractivity contribution in [3.8, 4) is 0 Å². The maximum Gasteiger partial charge on any atom is 0.320 e. The predicted octanol–water partition coefficient (Wildman–Crippen LogP) is 2.86. The molecule has 1 aliphatic rings. The highest BCUT2D eigenvalue weighted by molar-refractivity contribution is 5.88. The smallest absolute Gasteiger partial charge is 0.320 e. The van der Waals surface area contributed by atoms with Gasteiger partial charge in [-0.1, -0.05) is 31.7 Å². The van der Waals surface area contributed by atoms with Crippen molar-refractivity contribution in [3.05, 3.63) is 24.4 Å². The van der Waals surface area contributed by atoms with Gasteiger partial charge in [0.2, 0.25) is 0 Å². The number of hydrogen-bond donors (Lipinski definition) is 2. The van der Waals surface area contributed by atoms with Gasteiger partial charge in [0.15, 0.2) is 0 Å². The molecule has 0 unspecified atom stereocenters. The summed E-state index contributed by atoms with van der Waals surface area (Å²) in [5, 5.41) is 5.79. The summed E-state index contributed by atoms with van der Waals surface area (Å²) < 4.78 is 0. The number of pyridine rings is 1. The first kappa shape index (κ1) is 15.8. The summed E-state index contributed by atoms with van der Waals surface area (Å²) in [7, 11) is 4.23. The average molecular weight is 290 g/mol. The molecule has 0 atom stereocenters. The highest BCUT2D eigenvalue weighted by Gasteiger charge is 2.33. The van der Waals surface area contributed by atoms with E-state index >= 15 is 0 Å². The fourth-order valence-electron chi connectivity index (χ4n) is 3.01. The lowest BCUT2D eigenvalue weighted by atomic mass is 9.89. The van der Waals surface area contributed by atoms with Crippen molar-refractivity contribution < 1.29 is 4.79 Å². The van der Waals surface area contributed by atoms with Crippen LogP contribution in [0.4, 0.5) is 10.6 Å². The fourth-order valence-corrected chi connectivity index (χ4v) is 3.01. The van der Waals surface area contributed by atoms with Crippen LogP contribution in [0.3, 0.4) is 0 Å². The molecule has 1 saturated carbocycles. The average Bonchev–Trinajstić information content (AvgIpc) is 2.73. The molecule has 1 aromatic heterocycles. The molecule has 5 heteroatoms. The topological polar surface area (TPSA) is 57.3 Å². The maximum atomic E-state index is 12.0. The first-order valence-corrected chi connectivity index (χ1v) is 7.76. The Balaban J connectivity index is 1.90. The molecular weight excluding hydrogens is 264 g/mol. The molecule has 21 heavy (non-hydrogen) atoms. The molecule has 0 radical (unpaired) electrons. The Labute approximate surface area is 127 Å². The third kappa shape index (κ3) is 4.43. The number of urea groups is 1. The normalized spacial score (nSPS) is 18.0. The molecule has 2 amide bonds. The molecule has 2 N–H and O–H groups in total. The van der Waals surface area contributed by atoms with Gasteiger partial charge in [-0.25, -0.2) is 9.78 Å². The summed E-state index contributed by atoms with van der Waals surface area (Å²) in [6.45, 7) is 0.679. The minimum atomic E-state index is -0.181. The van der Waals surface area contributed by atoms with E-state index in [0.717, 1.165) is 12.8 Å². The molecule has 0 bridgehead atoms. The summed E-state index contributed by atoms with van der Waals surface area (Å²) >= 11 is 0. The van der Waals surface area contributed by atoms with Gasteiger partial charge in [0.1, 0.15) is 5.82 Å². The standard InChI is InChI=1S/C16H26N4O/c1-20(2)16(10-6-3-4-7-11-16)13-18-15(21)19-14-9-5-8-12-17-14/h5,8-9,12H,3-4,6-7,10-11,13H2,1-2H3,(H2,17,18,19,21). The van der Waals surface area contributed by atoms with E-state index in [-0.39, 0.29) is 11.6 Å². The lowest BCUT2D eigenvalue weighted by molar-refractivity contribution is 0.129. The van der Waals surface area contributed by atoms with Crippen molar-refractivity contribution in [1.29, 1.82) is 0 Å². The number of nitrogens with zero attached hydrogens (tertiary/aromatic N) is 2. The van der Waals surface area contributed by atoms with Crippen LogP contribution in [-0.4, -0.2) is 42.1 Å². The van der Waals surface area contributed by atoms with Gasteiger partial charge in [-0.2, -0.15) is 0 Å². The molecule has 0 saturated heterocycles. The van der Waals surface area contributed by atoms with E-state index in [1.165, 1.54) is 25.7 Å². The SMILES string of the molecule is CN(C)C1(CNC(=O)Nc2ccccn2)CCCCCC1. The minimum absolute atomic E-state index is 0.0813. The van der Waals surface area contributed by atoms with Crippen LogP contribution in [-0.2, 0) is 0 Å². The van der Waals surface area contributed by atoms with Gasteiger partial charge >= 0.3 is 6.03 Å². The summed E-state index contributed by atoms with van der Waals surface area (Å²) in [5.74, 6) is 0.578. The zero-order valence-electron chi connectivity index (χ0n) is 13.1. The second kappa shape index (κ2) is 7.41. The Morgan fingerprint density at radius 1 is 1.24 bits per heavy atom. The first-order chi connectivity index (χ1) is 10.1. The van der Waals surface area contributed by atoms with E-state index in [9.17, 15) is 4.79 Å². The highest BCUT2D eigenvalue weighted by Crippen LogP contribution is 2.30. The third-order valence-corrected chi connectivity index (χ3v) is 4.47. The number of carbonyl (C=O) groups is 1. The molecule has 1 heterocycles. The quantitative estimate of drug-likeness (QED) is 0.838. The molecule has 116 valence electrons. The second-order valence-corrected chi connectivity index (χ2v) is 6.06. The summed E-state index contributed by atoms with van der Waals surface area (Å²) in [6.07, 6.45) is 9.03. The van der Waals surface area contributed by atoms with Gasteiger partial charge in [-0.05, 0) is 39.1 Å². The molecular formula is C16H26N4O. The zero-order valence-corrected chi connectivity index (χ0v) is 13.1. The van der Waals surface area contributed by atoms with Crippen molar-refractivity contribution >= 4 is 11.8 Å². The molecule has 0 spiro atoms. The number of aromatic nitrogens is 1. The van der Waals surface area contributed by atoms with E-state index in [1.54, 1.807) is 12.3 Å². The Morgan fingerprint density at radius 2 is 1.95 bits per heavy atom. The summed E-state index contributed by atoms with van der Waals surface area (Å²) in [6, 6.07) is 5.29. The number of amides is 2. The molecule has 5 nitrogen and oxygen atoms in total. The Bertz CT molecular complexity index is 439. The molecule has 2 rings (SSSR count). The number of hydrogen-bond acceptors (Lipinski definition) is 3. The van der Waals surface area contributed by atoms with Gasteiger partial charge in [-0.3, -0.25) is 5.32 Å². The number of nitrogens with one attached hydrogen (secondary N) is 2. The van der Waals surface area contributed by atoms with Crippen LogP contribution in [0.15, 0.2) is 24.4 Å². The van der Waals surface area contributed by atoms with E-state index in [1.807, 2.05) is 12.1 Å². The Hall–Kier alpha value is -1.62. The molecule has 1 fully saturated rings. The predicted molar refractivity (Wildman–Crippen MR) is 85.4 cm³/mol. The van der Waals surface area contributed by atoms with Crippen LogP contribution >= 0.6 is 0 Å². The fraction of sp³-hybridized carbons (Fsp3) is 0.625. The van der Waals surface area contributed by atoms with Crippen LogP contribution in [0.2, 0.25) is 0 Å². The lowest BCUT2D eigenvalue weighted by Gasteiger charge is -2.39. The molecule has 0 aliphatic heterocycles. The van der Waals surface area contributed by atoms with Crippen LogP contribution in [0.25, 0.3) is 0 Å². The molecule has 1 aliphatic carbocycles. The van der Waals surface area contributed by atoms with Crippen LogP contribution < -0.4 is 10.6 Å². The van der Waals surface area contributed by atoms with Gasteiger partial charge in [-0.15, -0.1) is 0 Å². The van der Waals surface area contributed by atoms with E-state index in [0.29, 0.717) is 12.4 Å². The van der Waals surface area contributed by atoms with Crippen LogP contribution in [0, 0.1) is 0 Å². The molecule has 0 aromatic carbocycles. The number of likely N-dealkylation sites (N-methyl/N-ethyl adjacent to an activating group) is 1. The van der Waals surface area contributed by atoms with Crippen LogP contribution in [0.5, 0.6) is 0 Å². The van der Waals surface area contributed by atoms with E-state index in [4.69, 9.17) is 0 Å².